The standard InChI is InChI=1S/C27H30O9/c1-15-11-17(5-9-21(15)31)3-7-19(29)13-20(30)8-4-18-6-10-22(16(2)12-18)35-27-26(34)25(33)24(32)23(14-28)36-27/h3-12,23-28,31-34H,13-14H2,1-2H3/b7-3+,8-4+/t23-,24-,25+,26-,27-/m1/s1. The summed E-state index contributed by atoms with van der Waals surface area (Å²) in [6, 6.07) is 9.90. The van der Waals surface area contributed by atoms with Crippen LogP contribution < -0.4 is 4.74 Å². The molecule has 0 radical (unpaired) electrons. The molecule has 0 unspecified atom stereocenters. The lowest BCUT2D eigenvalue weighted by atomic mass is 9.99. The fourth-order valence-electron chi connectivity index (χ4n) is 3.65. The second-order valence-electron chi connectivity index (χ2n) is 8.66. The van der Waals surface area contributed by atoms with Crippen LogP contribution in [0, 0.1) is 13.8 Å². The van der Waals surface area contributed by atoms with E-state index < -0.39 is 37.3 Å². The van der Waals surface area contributed by atoms with Crippen LogP contribution in [-0.4, -0.2) is 74.4 Å². The summed E-state index contributed by atoms with van der Waals surface area (Å²) in [7, 11) is 0. The van der Waals surface area contributed by atoms with Gasteiger partial charge in [0, 0.05) is 0 Å². The number of benzene rings is 2. The molecule has 5 atom stereocenters. The first kappa shape index (κ1) is 27.3. The van der Waals surface area contributed by atoms with E-state index in [-0.39, 0.29) is 23.7 Å². The average molecular weight is 499 g/mol. The number of ether oxygens (including phenoxy) is 2. The number of ketones is 2. The minimum absolute atomic E-state index is 0.169. The third-order valence-corrected chi connectivity index (χ3v) is 5.78. The number of aliphatic hydroxyl groups is 4. The lowest BCUT2D eigenvalue weighted by Gasteiger charge is -2.39. The number of aromatic hydroxyl groups is 1. The molecule has 192 valence electrons. The number of allylic oxidation sites excluding steroid dienone is 2. The zero-order valence-electron chi connectivity index (χ0n) is 19.9. The van der Waals surface area contributed by atoms with Crippen LogP contribution in [0.2, 0.25) is 0 Å². The van der Waals surface area contributed by atoms with Gasteiger partial charge in [-0.05, 0) is 72.5 Å². The second-order valence-corrected chi connectivity index (χ2v) is 8.66. The maximum absolute atomic E-state index is 12.2. The quantitative estimate of drug-likeness (QED) is 0.255. The van der Waals surface area contributed by atoms with E-state index in [1.807, 2.05) is 0 Å². The Morgan fingerprint density at radius 2 is 1.47 bits per heavy atom. The van der Waals surface area contributed by atoms with Gasteiger partial charge in [-0.3, -0.25) is 9.59 Å². The van der Waals surface area contributed by atoms with Gasteiger partial charge in [-0.15, -0.1) is 0 Å². The minimum Gasteiger partial charge on any atom is -0.508 e. The summed E-state index contributed by atoms with van der Waals surface area (Å²) >= 11 is 0. The molecule has 0 amide bonds. The Kier molecular flexibility index (Phi) is 9.14. The summed E-state index contributed by atoms with van der Waals surface area (Å²) in [5.74, 6) is -0.212. The van der Waals surface area contributed by atoms with Gasteiger partial charge in [0.15, 0.2) is 11.6 Å². The highest BCUT2D eigenvalue weighted by molar-refractivity contribution is 6.10. The molecule has 0 aliphatic carbocycles. The molecule has 1 aliphatic rings. The zero-order valence-corrected chi connectivity index (χ0v) is 19.9. The molecule has 1 fully saturated rings. The predicted octanol–water partition coefficient (Wildman–Crippen LogP) is 1.44. The molecule has 1 heterocycles. The Morgan fingerprint density at radius 3 is 2.03 bits per heavy atom. The van der Waals surface area contributed by atoms with Crippen molar-refractivity contribution in [2.75, 3.05) is 6.61 Å². The number of carbonyl (C=O) groups excluding carboxylic acids is 2. The van der Waals surface area contributed by atoms with Gasteiger partial charge in [0.25, 0.3) is 0 Å². The first-order valence-corrected chi connectivity index (χ1v) is 11.4. The number of hydrogen-bond donors (Lipinski definition) is 5. The molecule has 9 nitrogen and oxygen atoms in total. The molecule has 36 heavy (non-hydrogen) atoms. The van der Waals surface area contributed by atoms with Crippen LogP contribution in [0.15, 0.2) is 48.6 Å². The summed E-state index contributed by atoms with van der Waals surface area (Å²) in [5, 5.41) is 48.8. The first-order chi connectivity index (χ1) is 17.1. The highest BCUT2D eigenvalue weighted by Gasteiger charge is 2.44. The van der Waals surface area contributed by atoms with Gasteiger partial charge in [0.1, 0.15) is 35.9 Å². The Labute approximate surface area is 208 Å². The van der Waals surface area contributed by atoms with Crippen molar-refractivity contribution in [3.63, 3.8) is 0 Å². The van der Waals surface area contributed by atoms with E-state index in [2.05, 4.69) is 0 Å². The van der Waals surface area contributed by atoms with E-state index in [9.17, 15) is 35.1 Å². The van der Waals surface area contributed by atoms with Crippen molar-refractivity contribution >= 4 is 23.7 Å². The van der Waals surface area contributed by atoms with Crippen molar-refractivity contribution < 1.29 is 44.6 Å². The van der Waals surface area contributed by atoms with E-state index >= 15 is 0 Å². The molecular weight excluding hydrogens is 468 g/mol. The van der Waals surface area contributed by atoms with Crippen LogP contribution in [0.4, 0.5) is 0 Å². The summed E-state index contributed by atoms with van der Waals surface area (Å²) in [5.41, 5.74) is 2.74. The molecule has 2 aromatic rings. The number of phenolic OH excluding ortho intramolecular Hbond substituents is 1. The van der Waals surface area contributed by atoms with E-state index in [1.165, 1.54) is 18.2 Å². The highest BCUT2D eigenvalue weighted by atomic mass is 16.7. The maximum Gasteiger partial charge on any atom is 0.229 e. The van der Waals surface area contributed by atoms with E-state index in [4.69, 9.17) is 9.47 Å². The fourth-order valence-corrected chi connectivity index (χ4v) is 3.65. The van der Waals surface area contributed by atoms with Gasteiger partial charge in [-0.2, -0.15) is 0 Å². The summed E-state index contributed by atoms with van der Waals surface area (Å²) in [6.07, 6.45) is -1.43. The monoisotopic (exact) mass is 498 g/mol. The lowest BCUT2D eigenvalue weighted by Crippen LogP contribution is -2.60. The van der Waals surface area contributed by atoms with Gasteiger partial charge in [-0.25, -0.2) is 0 Å². The Bertz CT molecular complexity index is 1150. The predicted molar refractivity (Wildman–Crippen MR) is 131 cm³/mol. The van der Waals surface area contributed by atoms with Crippen LogP contribution in [0.1, 0.15) is 28.7 Å². The second kappa shape index (κ2) is 12.1. The Morgan fingerprint density at radius 1 is 0.889 bits per heavy atom. The van der Waals surface area contributed by atoms with Crippen LogP contribution in [0.5, 0.6) is 11.5 Å². The fraction of sp³-hybridized carbons (Fsp3) is 0.333. The van der Waals surface area contributed by atoms with E-state index in [0.717, 1.165) is 5.56 Å². The summed E-state index contributed by atoms with van der Waals surface area (Å²) < 4.78 is 11.0. The first-order valence-electron chi connectivity index (χ1n) is 11.4. The van der Waals surface area contributed by atoms with Crippen molar-refractivity contribution in [1.29, 1.82) is 0 Å². The van der Waals surface area contributed by atoms with Gasteiger partial charge < -0.3 is 35.0 Å². The number of aliphatic hydroxyl groups excluding tert-OH is 4. The molecule has 1 aliphatic heterocycles. The molecular formula is C27H30O9. The van der Waals surface area contributed by atoms with Crippen LogP contribution >= 0.6 is 0 Å². The van der Waals surface area contributed by atoms with Crippen molar-refractivity contribution in [3.8, 4) is 11.5 Å². The normalized spacial score (nSPS) is 24.3. The molecule has 0 bridgehead atoms. The maximum atomic E-state index is 12.2. The largest absolute Gasteiger partial charge is 0.508 e. The molecule has 0 saturated carbocycles. The van der Waals surface area contributed by atoms with E-state index in [0.29, 0.717) is 22.4 Å². The number of hydrogen-bond acceptors (Lipinski definition) is 9. The highest BCUT2D eigenvalue weighted by Crippen LogP contribution is 2.27. The zero-order chi connectivity index (χ0) is 26.4. The Hall–Kier alpha value is -3.34. The number of aryl methyl sites for hydroxylation is 2. The van der Waals surface area contributed by atoms with E-state index in [1.54, 1.807) is 56.3 Å². The topological polar surface area (TPSA) is 154 Å². The molecule has 0 aromatic heterocycles. The van der Waals surface area contributed by atoms with Crippen molar-refractivity contribution in [2.24, 2.45) is 0 Å². The third-order valence-electron chi connectivity index (χ3n) is 5.78. The van der Waals surface area contributed by atoms with Crippen molar-refractivity contribution in [2.45, 2.75) is 51.0 Å². The van der Waals surface area contributed by atoms with Gasteiger partial charge in [-0.1, -0.05) is 24.3 Å². The molecule has 2 aromatic carbocycles. The molecule has 1 saturated heterocycles. The van der Waals surface area contributed by atoms with Crippen molar-refractivity contribution in [1.82, 2.24) is 0 Å². The van der Waals surface area contributed by atoms with Crippen LogP contribution in [-0.2, 0) is 14.3 Å². The van der Waals surface area contributed by atoms with Crippen LogP contribution in [0.25, 0.3) is 12.2 Å². The average Bonchev–Trinajstić information content (AvgIpc) is 2.85. The third kappa shape index (κ3) is 6.87. The van der Waals surface area contributed by atoms with Gasteiger partial charge >= 0.3 is 0 Å². The van der Waals surface area contributed by atoms with Gasteiger partial charge in [0.2, 0.25) is 6.29 Å². The van der Waals surface area contributed by atoms with Crippen molar-refractivity contribution in [3.05, 3.63) is 70.8 Å². The number of phenols is 1. The minimum atomic E-state index is -1.54. The number of carbonyl (C=O) groups is 2. The molecule has 9 heteroatoms. The van der Waals surface area contributed by atoms with Crippen LogP contribution in [0.3, 0.4) is 0 Å². The molecule has 0 spiro atoms. The SMILES string of the molecule is Cc1cc(/C=C/C(=O)CC(=O)/C=C/c2ccc(O[C@@H]3O[C@H](CO)[C@@H](O)[C@H](O)[C@H]3O)c(C)c2)ccc1O. The number of rotatable bonds is 9. The lowest BCUT2D eigenvalue weighted by molar-refractivity contribution is -0.277. The Balaban J connectivity index is 1.57. The molecule has 3 rings (SSSR count). The summed E-state index contributed by atoms with van der Waals surface area (Å²) in [4.78, 5) is 24.3. The smallest absolute Gasteiger partial charge is 0.229 e. The summed E-state index contributed by atoms with van der Waals surface area (Å²) in [6.45, 7) is 2.92. The molecule has 5 N–H and O–H groups in total. The van der Waals surface area contributed by atoms with Gasteiger partial charge in [0.05, 0.1) is 13.0 Å².